The molecule has 1 nitrogen and oxygen atoms in total. The first-order valence-electron chi connectivity index (χ1n) is 6.07. The van der Waals surface area contributed by atoms with Crippen LogP contribution in [0.1, 0.15) is 47.9 Å². The van der Waals surface area contributed by atoms with Crippen molar-refractivity contribution in [2.24, 2.45) is 5.92 Å². The van der Waals surface area contributed by atoms with Gasteiger partial charge in [0.05, 0.1) is 0 Å². The lowest BCUT2D eigenvalue weighted by molar-refractivity contribution is 0.502. The van der Waals surface area contributed by atoms with Crippen molar-refractivity contribution in [3.63, 3.8) is 0 Å². The highest BCUT2D eigenvalue weighted by atomic mass is 14.9. The van der Waals surface area contributed by atoms with Gasteiger partial charge in [0.1, 0.15) is 0 Å². The first kappa shape index (κ1) is 9.41. The molecule has 0 bridgehead atoms. The van der Waals surface area contributed by atoms with Gasteiger partial charge in [-0.05, 0) is 56.2 Å². The summed E-state index contributed by atoms with van der Waals surface area (Å²) in [5.74, 6) is 1.83. The van der Waals surface area contributed by atoms with Gasteiger partial charge in [0.2, 0.25) is 0 Å². The van der Waals surface area contributed by atoms with Crippen LogP contribution in [0.3, 0.4) is 0 Å². The van der Waals surface area contributed by atoms with E-state index in [0.717, 1.165) is 11.8 Å². The van der Waals surface area contributed by atoms with Crippen molar-refractivity contribution >= 4 is 0 Å². The average molecular weight is 201 g/mol. The van der Waals surface area contributed by atoms with Gasteiger partial charge in [-0.15, -0.1) is 0 Å². The van der Waals surface area contributed by atoms with Crippen molar-refractivity contribution in [3.05, 3.63) is 34.9 Å². The van der Waals surface area contributed by atoms with Crippen LogP contribution in [0.25, 0.3) is 0 Å². The predicted octanol–water partition coefficient (Wildman–Crippen LogP) is 3.15. The lowest BCUT2D eigenvalue weighted by Gasteiger charge is -2.10. The van der Waals surface area contributed by atoms with E-state index in [1.807, 2.05) is 0 Å². The Morgan fingerprint density at radius 2 is 2.00 bits per heavy atom. The van der Waals surface area contributed by atoms with Crippen LogP contribution in [0.5, 0.6) is 0 Å². The number of benzene rings is 1. The van der Waals surface area contributed by atoms with Crippen molar-refractivity contribution in [2.75, 3.05) is 7.05 Å². The maximum absolute atomic E-state index is 3.45. The van der Waals surface area contributed by atoms with Crippen LogP contribution in [0.2, 0.25) is 0 Å². The summed E-state index contributed by atoms with van der Waals surface area (Å²) in [6.45, 7) is 2.21. The SMILES string of the molecule is CNC1CC(C2CC2)c2cc(C)ccc21. The zero-order valence-corrected chi connectivity index (χ0v) is 9.59. The Morgan fingerprint density at radius 3 is 2.67 bits per heavy atom. The lowest BCUT2D eigenvalue weighted by Crippen LogP contribution is -2.13. The standard InChI is InChI=1S/C14H19N/c1-9-3-6-11-13(7-9)12(10-4-5-10)8-14(11)15-2/h3,6-7,10,12,14-15H,4-5,8H2,1-2H3. The van der Waals surface area contributed by atoms with Crippen molar-refractivity contribution in [1.29, 1.82) is 0 Å². The zero-order valence-electron chi connectivity index (χ0n) is 9.59. The summed E-state index contributed by atoms with van der Waals surface area (Å²) in [5.41, 5.74) is 4.60. The van der Waals surface area contributed by atoms with Crippen LogP contribution in [0, 0.1) is 12.8 Å². The molecule has 0 radical (unpaired) electrons. The highest BCUT2D eigenvalue weighted by Crippen LogP contribution is 2.52. The third-order valence-corrected chi connectivity index (χ3v) is 4.05. The molecule has 0 spiro atoms. The molecule has 0 aromatic heterocycles. The van der Waals surface area contributed by atoms with Crippen molar-refractivity contribution < 1.29 is 0 Å². The van der Waals surface area contributed by atoms with Gasteiger partial charge in [-0.25, -0.2) is 0 Å². The number of rotatable bonds is 2. The third kappa shape index (κ3) is 1.50. The molecule has 0 heterocycles. The second kappa shape index (κ2) is 3.34. The van der Waals surface area contributed by atoms with Gasteiger partial charge in [-0.1, -0.05) is 23.8 Å². The summed E-state index contributed by atoms with van der Waals surface area (Å²) in [5, 5.41) is 3.45. The maximum Gasteiger partial charge on any atom is 0.0326 e. The zero-order chi connectivity index (χ0) is 10.4. The molecule has 2 unspecified atom stereocenters. The van der Waals surface area contributed by atoms with Crippen LogP contribution >= 0.6 is 0 Å². The molecule has 15 heavy (non-hydrogen) atoms. The van der Waals surface area contributed by atoms with Crippen molar-refractivity contribution in [1.82, 2.24) is 5.32 Å². The second-order valence-corrected chi connectivity index (χ2v) is 5.15. The minimum atomic E-state index is 0.603. The minimum absolute atomic E-state index is 0.603. The highest BCUT2D eigenvalue weighted by Gasteiger charge is 2.39. The van der Waals surface area contributed by atoms with Gasteiger partial charge in [0, 0.05) is 6.04 Å². The molecule has 2 atom stereocenters. The van der Waals surface area contributed by atoms with Crippen LogP contribution in [0.4, 0.5) is 0 Å². The van der Waals surface area contributed by atoms with E-state index in [2.05, 4.69) is 37.5 Å². The Kier molecular flexibility index (Phi) is 2.10. The van der Waals surface area contributed by atoms with Crippen LogP contribution in [0.15, 0.2) is 18.2 Å². The molecule has 1 aromatic rings. The van der Waals surface area contributed by atoms with E-state index in [9.17, 15) is 0 Å². The summed E-state index contributed by atoms with van der Waals surface area (Å²) in [6.07, 6.45) is 4.23. The molecule has 1 fully saturated rings. The molecular formula is C14H19N. The Morgan fingerprint density at radius 1 is 1.20 bits per heavy atom. The van der Waals surface area contributed by atoms with Crippen molar-refractivity contribution in [2.45, 2.75) is 38.1 Å². The van der Waals surface area contributed by atoms with Gasteiger partial charge in [0.15, 0.2) is 0 Å². The predicted molar refractivity (Wildman–Crippen MR) is 63.1 cm³/mol. The summed E-state index contributed by atoms with van der Waals surface area (Å²) in [7, 11) is 2.09. The molecule has 0 amide bonds. The van der Waals surface area contributed by atoms with Gasteiger partial charge in [0.25, 0.3) is 0 Å². The van der Waals surface area contributed by atoms with Crippen LogP contribution in [-0.2, 0) is 0 Å². The molecule has 1 aromatic carbocycles. The summed E-state index contributed by atoms with van der Waals surface area (Å²) in [4.78, 5) is 0. The van der Waals surface area contributed by atoms with E-state index in [1.54, 1.807) is 11.1 Å². The fourth-order valence-corrected chi connectivity index (χ4v) is 3.06. The number of nitrogens with one attached hydrogen (secondary N) is 1. The number of hydrogen-bond acceptors (Lipinski definition) is 1. The van der Waals surface area contributed by atoms with Gasteiger partial charge >= 0.3 is 0 Å². The molecule has 3 rings (SSSR count). The smallest absolute Gasteiger partial charge is 0.0326 e. The molecular weight excluding hydrogens is 182 g/mol. The van der Waals surface area contributed by atoms with Crippen molar-refractivity contribution in [3.8, 4) is 0 Å². The minimum Gasteiger partial charge on any atom is -0.313 e. The molecule has 2 aliphatic carbocycles. The fourth-order valence-electron chi connectivity index (χ4n) is 3.06. The quantitative estimate of drug-likeness (QED) is 0.775. The number of aryl methyl sites for hydroxylation is 1. The van der Waals surface area contributed by atoms with Gasteiger partial charge < -0.3 is 5.32 Å². The highest BCUT2D eigenvalue weighted by molar-refractivity contribution is 5.41. The first-order valence-corrected chi connectivity index (χ1v) is 6.07. The summed E-state index contributed by atoms with van der Waals surface area (Å²) >= 11 is 0. The normalized spacial score (nSPS) is 29.2. The van der Waals surface area contributed by atoms with E-state index in [0.29, 0.717) is 6.04 Å². The maximum atomic E-state index is 3.45. The van der Waals surface area contributed by atoms with Gasteiger partial charge in [-0.3, -0.25) is 0 Å². The Hall–Kier alpha value is -0.820. The van der Waals surface area contributed by atoms with Gasteiger partial charge in [-0.2, -0.15) is 0 Å². The molecule has 1 heteroatoms. The molecule has 1 saturated carbocycles. The summed E-state index contributed by atoms with van der Waals surface area (Å²) < 4.78 is 0. The number of fused-ring (bicyclic) bond motifs is 1. The molecule has 0 aliphatic heterocycles. The number of hydrogen-bond donors (Lipinski definition) is 1. The molecule has 1 N–H and O–H groups in total. The van der Waals surface area contributed by atoms with E-state index in [4.69, 9.17) is 0 Å². The topological polar surface area (TPSA) is 12.0 Å². The first-order chi connectivity index (χ1) is 7.29. The fraction of sp³-hybridized carbons (Fsp3) is 0.571. The Balaban J connectivity index is 2.02. The monoisotopic (exact) mass is 201 g/mol. The Bertz CT molecular complexity index is 379. The van der Waals surface area contributed by atoms with E-state index >= 15 is 0 Å². The molecule has 0 saturated heterocycles. The lowest BCUT2D eigenvalue weighted by atomic mass is 9.95. The molecule has 2 aliphatic rings. The van der Waals surface area contributed by atoms with E-state index in [-0.39, 0.29) is 0 Å². The molecule has 80 valence electrons. The van der Waals surface area contributed by atoms with E-state index < -0.39 is 0 Å². The Labute approximate surface area is 91.9 Å². The van der Waals surface area contributed by atoms with E-state index in [1.165, 1.54) is 24.8 Å². The van der Waals surface area contributed by atoms with Crippen LogP contribution in [-0.4, -0.2) is 7.05 Å². The summed E-state index contributed by atoms with van der Waals surface area (Å²) in [6, 6.07) is 7.59. The third-order valence-electron chi connectivity index (χ3n) is 4.05. The average Bonchev–Trinajstić information content (AvgIpc) is 3.00. The second-order valence-electron chi connectivity index (χ2n) is 5.15. The van der Waals surface area contributed by atoms with Crippen LogP contribution < -0.4 is 5.32 Å². The largest absolute Gasteiger partial charge is 0.313 e.